The number of aliphatic carboxylic acids is 1. The average molecular weight is 529 g/mol. The molecule has 2 rings (SSSR count). The van der Waals surface area contributed by atoms with Gasteiger partial charge in [-0.25, -0.2) is 8.78 Å². The molecule has 0 radical (unpaired) electrons. The number of anilines is 1. The highest BCUT2D eigenvalue weighted by Crippen LogP contribution is 2.26. The lowest BCUT2D eigenvalue weighted by Crippen LogP contribution is -2.48. The van der Waals surface area contributed by atoms with E-state index >= 15 is 0 Å². The van der Waals surface area contributed by atoms with Crippen LogP contribution in [0.3, 0.4) is 0 Å². The lowest BCUT2D eigenvalue weighted by Gasteiger charge is -2.22. The van der Waals surface area contributed by atoms with Crippen molar-refractivity contribution in [3.63, 3.8) is 0 Å². The quantitative estimate of drug-likeness (QED) is 0.283. The van der Waals surface area contributed by atoms with E-state index in [1.54, 1.807) is 6.92 Å². The van der Waals surface area contributed by atoms with Gasteiger partial charge in [0.25, 0.3) is 5.56 Å². The van der Waals surface area contributed by atoms with Crippen molar-refractivity contribution in [2.24, 2.45) is 0 Å². The van der Waals surface area contributed by atoms with Gasteiger partial charge in [0.05, 0.1) is 6.42 Å². The van der Waals surface area contributed by atoms with Gasteiger partial charge < -0.3 is 25.0 Å². The van der Waals surface area contributed by atoms with Crippen LogP contribution < -0.4 is 20.9 Å². The number of amides is 2. The van der Waals surface area contributed by atoms with Crippen LogP contribution in [0.4, 0.5) is 23.2 Å². The number of halogens is 4. The van der Waals surface area contributed by atoms with E-state index in [1.807, 2.05) is 0 Å². The van der Waals surface area contributed by atoms with E-state index in [1.165, 1.54) is 25.3 Å². The highest BCUT2D eigenvalue weighted by atomic mass is 19.2. The fraction of sp³-hybridized carbons (Fsp3) is 0.348. The Morgan fingerprint density at radius 2 is 1.70 bits per heavy atom. The van der Waals surface area contributed by atoms with Crippen molar-refractivity contribution in [3.8, 4) is 5.75 Å². The summed E-state index contributed by atoms with van der Waals surface area (Å²) in [6.07, 6.45) is 0.358. The highest BCUT2D eigenvalue weighted by Gasteiger charge is 2.30. The summed E-state index contributed by atoms with van der Waals surface area (Å²) in [4.78, 5) is 61.1. The number of carbonyl (C=O) groups is 4. The maximum absolute atomic E-state index is 13.8. The maximum Gasteiger partial charge on any atom is 0.305 e. The van der Waals surface area contributed by atoms with Crippen molar-refractivity contribution in [1.82, 2.24) is 9.88 Å². The van der Waals surface area contributed by atoms with E-state index in [0.29, 0.717) is 0 Å². The van der Waals surface area contributed by atoms with Crippen LogP contribution in [-0.2, 0) is 19.2 Å². The highest BCUT2D eigenvalue weighted by molar-refractivity contribution is 5.94. The summed E-state index contributed by atoms with van der Waals surface area (Å²) in [7, 11) is 0. The van der Waals surface area contributed by atoms with E-state index in [2.05, 4.69) is 15.4 Å². The molecule has 1 aromatic heterocycles. The Morgan fingerprint density at radius 1 is 1.08 bits per heavy atom. The molecule has 14 heteroatoms. The largest absolute Gasteiger partial charge is 0.481 e. The van der Waals surface area contributed by atoms with Gasteiger partial charge in [-0.2, -0.15) is 8.78 Å². The number of rotatable bonds is 12. The fourth-order valence-corrected chi connectivity index (χ4v) is 3.21. The van der Waals surface area contributed by atoms with Crippen molar-refractivity contribution in [1.29, 1.82) is 0 Å². The fourth-order valence-electron chi connectivity index (χ4n) is 3.21. The Morgan fingerprint density at radius 3 is 2.24 bits per heavy atom. The molecule has 1 aromatic carbocycles. The second kappa shape index (κ2) is 12.6. The molecular weight excluding hydrogens is 506 g/mol. The van der Waals surface area contributed by atoms with Gasteiger partial charge in [-0.3, -0.25) is 24.0 Å². The number of benzene rings is 1. The molecule has 0 aliphatic carbocycles. The van der Waals surface area contributed by atoms with E-state index in [9.17, 15) is 41.5 Å². The van der Waals surface area contributed by atoms with Crippen LogP contribution in [-0.4, -0.2) is 45.9 Å². The SMILES string of the molecule is CCC(=O)Nc1cccn([C@@H](CC)C(=O)N[C@@H](CC(=O)O)C(=O)COc2c(F)c(F)cc(F)c2F)c1=O. The van der Waals surface area contributed by atoms with Gasteiger partial charge in [-0.1, -0.05) is 13.8 Å². The molecule has 1 heterocycles. The molecule has 0 aliphatic heterocycles. The molecule has 2 aromatic rings. The second-order valence-electron chi connectivity index (χ2n) is 7.67. The number of hydrogen-bond donors (Lipinski definition) is 3. The van der Waals surface area contributed by atoms with E-state index < -0.39 is 83.3 Å². The number of nitrogens with zero attached hydrogens (tertiary/aromatic N) is 1. The standard InChI is InChI=1S/C23H23F4N3O7/c1-3-15(30-7-5-6-13(23(30)36)28-17(32)4-2)22(35)29-14(9-18(33)34)16(31)10-37-21-19(26)11(24)8-12(25)20(21)27/h5-8,14-15H,3-4,9-10H2,1-2H3,(H,28,32)(H,29,35)(H,33,34)/t14-,15-/m0/s1. The summed E-state index contributed by atoms with van der Waals surface area (Å²) in [6, 6.07) is -0.399. The van der Waals surface area contributed by atoms with Crippen LogP contribution in [0.25, 0.3) is 0 Å². The lowest BCUT2D eigenvalue weighted by molar-refractivity contribution is -0.140. The van der Waals surface area contributed by atoms with Crippen LogP contribution >= 0.6 is 0 Å². The molecular formula is C23H23F4N3O7. The van der Waals surface area contributed by atoms with Gasteiger partial charge in [0, 0.05) is 18.7 Å². The van der Waals surface area contributed by atoms with Crippen molar-refractivity contribution < 1.29 is 46.6 Å². The number of hydrogen-bond acceptors (Lipinski definition) is 6. The van der Waals surface area contributed by atoms with Gasteiger partial charge in [-0.05, 0) is 18.6 Å². The first-order valence-electron chi connectivity index (χ1n) is 10.9. The number of carboxylic acid groups (broad SMARTS) is 1. The Labute approximate surface area is 207 Å². The molecule has 37 heavy (non-hydrogen) atoms. The molecule has 0 unspecified atom stereocenters. The molecule has 0 bridgehead atoms. The Hall–Kier alpha value is -4.23. The summed E-state index contributed by atoms with van der Waals surface area (Å²) in [5, 5.41) is 13.7. The van der Waals surface area contributed by atoms with Crippen LogP contribution in [0, 0.1) is 23.3 Å². The van der Waals surface area contributed by atoms with Gasteiger partial charge >= 0.3 is 5.97 Å². The molecule has 3 N–H and O–H groups in total. The third-order valence-electron chi connectivity index (χ3n) is 5.11. The topological polar surface area (TPSA) is 144 Å². The van der Waals surface area contributed by atoms with Gasteiger partial charge in [0.15, 0.2) is 23.2 Å². The molecule has 0 saturated carbocycles. The number of carbonyl (C=O) groups excluding carboxylic acids is 3. The van der Waals surface area contributed by atoms with Crippen molar-refractivity contribution in [2.45, 2.75) is 45.2 Å². The van der Waals surface area contributed by atoms with E-state index in [4.69, 9.17) is 5.11 Å². The number of ketones is 1. The molecule has 10 nitrogen and oxygen atoms in total. The minimum atomic E-state index is -1.91. The molecule has 2 amide bonds. The smallest absolute Gasteiger partial charge is 0.305 e. The maximum atomic E-state index is 13.8. The number of carboxylic acids is 1. The van der Waals surface area contributed by atoms with Gasteiger partial charge in [0.1, 0.15) is 24.4 Å². The normalized spacial score (nSPS) is 12.4. The Kier molecular flexibility index (Phi) is 9.91. The summed E-state index contributed by atoms with van der Waals surface area (Å²) in [5.41, 5.74) is -0.853. The first kappa shape index (κ1) is 29.0. The predicted octanol–water partition coefficient (Wildman–Crippen LogP) is 2.31. The molecule has 200 valence electrons. The molecule has 0 aliphatic rings. The number of pyridine rings is 1. The first-order valence-corrected chi connectivity index (χ1v) is 10.9. The monoisotopic (exact) mass is 529 g/mol. The third kappa shape index (κ3) is 7.15. The predicted molar refractivity (Wildman–Crippen MR) is 120 cm³/mol. The van der Waals surface area contributed by atoms with E-state index in [0.717, 1.165) is 4.57 Å². The van der Waals surface area contributed by atoms with Crippen LogP contribution in [0.1, 0.15) is 39.2 Å². The zero-order chi connectivity index (χ0) is 27.9. The van der Waals surface area contributed by atoms with E-state index in [-0.39, 0.29) is 24.6 Å². The number of Topliss-reactive ketones (excluding diaryl/α,β-unsaturated/α-hetero) is 1. The summed E-state index contributed by atoms with van der Waals surface area (Å²) in [6.45, 7) is 1.84. The average Bonchev–Trinajstić information content (AvgIpc) is 2.84. The minimum absolute atomic E-state index is 0.000388. The minimum Gasteiger partial charge on any atom is -0.481 e. The van der Waals surface area contributed by atoms with Crippen LogP contribution in [0.2, 0.25) is 0 Å². The van der Waals surface area contributed by atoms with Crippen LogP contribution in [0.5, 0.6) is 5.75 Å². The molecule has 2 atom stereocenters. The Bertz CT molecular complexity index is 1240. The number of aromatic nitrogens is 1. The van der Waals surface area contributed by atoms with Crippen LogP contribution in [0.15, 0.2) is 29.2 Å². The zero-order valence-corrected chi connectivity index (χ0v) is 19.6. The number of ether oxygens (including phenoxy) is 1. The summed E-state index contributed by atoms with van der Waals surface area (Å²) >= 11 is 0. The summed E-state index contributed by atoms with van der Waals surface area (Å²) < 4.78 is 59.8. The van der Waals surface area contributed by atoms with Crippen molar-refractivity contribution >= 4 is 29.3 Å². The second-order valence-corrected chi connectivity index (χ2v) is 7.67. The van der Waals surface area contributed by atoms with Crippen molar-refractivity contribution in [2.75, 3.05) is 11.9 Å². The molecule has 0 saturated heterocycles. The van der Waals surface area contributed by atoms with Gasteiger partial charge in [0.2, 0.25) is 23.4 Å². The number of nitrogens with one attached hydrogen (secondary N) is 2. The Balaban J connectivity index is 2.26. The first-order chi connectivity index (χ1) is 17.4. The summed E-state index contributed by atoms with van der Waals surface area (Å²) in [5.74, 6) is -13.1. The zero-order valence-electron chi connectivity index (χ0n) is 19.6. The third-order valence-corrected chi connectivity index (χ3v) is 5.11. The molecule has 0 spiro atoms. The lowest BCUT2D eigenvalue weighted by atomic mass is 10.1. The van der Waals surface area contributed by atoms with Crippen molar-refractivity contribution in [3.05, 3.63) is 58.0 Å². The molecule has 0 fully saturated rings. The van der Waals surface area contributed by atoms with Gasteiger partial charge in [-0.15, -0.1) is 0 Å².